The number of ether oxygens (including phenoxy) is 1. The van der Waals surface area contributed by atoms with E-state index in [0.29, 0.717) is 11.1 Å². The summed E-state index contributed by atoms with van der Waals surface area (Å²) in [6.45, 7) is 3.26. The Labute approximate surface area is 96.9 Å². The molecule has 0 amide bonds. The average Bonchev–Trinajstić information content (AvgIpc) is 2.31. The zero-order valence-electron chi connectivity index (χ0n) is 9.14. The van der Waals surface area contributed by atoms with Crippen LogP contribution in [0.4, 0.5) is 11.4 Å². The van der Waals surface area contributed by atoms with E-state index in [2.05, 4.69) is 9.98 Å². The minimum Gasteiger partial charge on any atom is -0.388 e. The second-order valence-electron chi connectivity index (χ2n) is 3.09. The van der Waals surface area contributed by atoms with E-state index >= 15 is 0 Å². The fourth-order valence-corrected chi connectivity index (χ4v) is 1.39. The van der Waals surface area contributed by atoms with Crippen LogP contribution in [0.15, 0.2) is 16.1 Å². The van der Waals surface area contributed by atoms with Gasteiger partial charge in [0.15, 0.2) is 0 Å². The Balaban J connectivity index is 3.62. The molecule has 0 unspecified atom stereocenters. The Morgan fingerprint density at radius 3 is 2.35 bits per heavy atom. The molecule has 84 valence electrons. The molecule has 6 nitrogen and oxygen atoms in total. The highest BCUT2D eigenvalue weighted by molar-refractivity contribution is 5.72. The lowest BCUT2D eigenvalue weighted by atomic mass is 10.1. The van der Waals surface area contributed by atoms with E-state index in [-0.39, 0.29) is 17.1 Å². The summed E-state index contributed by atoms with van der Waals surface area (Å²) in [4.78, 5) is 27.5. The summed E-state index contributed by atoms with van der Waals surface area (Å²) in [6.07, 6.45) is 4.28. The lowest BCUT2D eigenvalue weighted by molar-refractivity contribution is 0.503. The fraction of sp³-hybridized carbons (Fsp3) is 0.182. The SMILES string of the molecule is Cc1c(N=C=O)cc(OC#N)c(C)c1N=C=O. The number of hydrogen-bond acceptors (Lipinski definition) is 6. The second kappa shape index (κ2) is 5.38. The molecule has 0 aliphatic rings. The molecule has 0 atom stereocenters. The molecule has 1 aromatic carbocycles. The van der Waals surface area contributed by atoms with Crippen molar-refractivity contribution >= 4 is 23.5 Å². The zero-order chi connectivity index (χ0) is 12.8. The van der Waals surface area contributed by atoms with E-state index in [1.807, 2.05) is 0 Å². The molecule has 17 heavy (non-hydrogen) atoms. The van der Waals surface area contributed by atoms with Crippen LogP contribution >= 0.6 is 0 Å². The van der Waals surface area contributed by atoms with Crippen LogP contribution in [0.25, 0.3) is 0 Å². The lowest BCUT2D eigenvalue weighted by Crippen LogP contribution is -1.90. The fourth-order valence-electron chi connectivity index (χ4n) is 1.39. The Bertz CT molecular complexity index is 589. The molecule has 0 fully saturated rings. The standard InChI is InChI=1S/C11H7N3O3/c1-7-9(13-5-15)3-10(17-4-12)8(2)11(7)14-6-16/h3H,1-2H3. The number of benzene rings is 1. The molecule has 0 aromatic heterocycles. The quantitative estimate of drug-likeness (QED) is 0.450. The average molecular weight is 229 g/mol. The molecule has 0 radical (unpaired) electrons. The Morgan fingerprint density at radius 2 is 1.82 bits per heavy atom. The molecule has 0 saturated carbocycles. The highest BCUT2D eigenvalue weighted by Gasteiger charge is 2.13. The molecule has 1 rings (SSSR count). The van der Waals surface area contributed by atoms with Crippen molar-refractivity contribution in [3.63, 3.8) is 0 Å². The van der Waals surface area contributed by atoms with E-state index < -0.39 is 0 Å². The van der Waals surface area contributed by atoms with Crippen molar-refractivity contribution in [3.8, 4) is 12.0 Å². The Kier molecular flexibility index (Phi) is 3.91. The first-order valence-corrected chi connectivity index (χ1v) is 4.51. The molecule has 0 bridgehead atoms. The lowest BCUT2D eigenvalue weighted by Gasteiger charge is -2.09. The monoisotopic (exact) mass is 229 g/mol. The molecule has 6 heteroatoms. The molecule has 0 aliphatic heterocycles. The number of aliphatic imine (C=N–C) groups is 2. The first-order chi connectivity index (χ1) is 8.15. The minimum atomic E-state index is 0.182. The third-order valence-electron chi connectivity index (χ3n) is 2.21. The van der Waals surface area contributed by atoms with E-state index in [1.165, 1.54) is 24.5 Å². The number of rotatable bonds is 3. The van der Waals surface area contributed by atoms with Crippen LogP contribution in [-0.2, 0) is 9.59 Å². The van der Waals surface area contributed by atoms with Crippen LogP contribution in [0.5, 0.6) is 5.75 Å². The van der Waals surface area contributed by atoms with Gasteiger partial charge in [-0.1, -0.05) is 0 Å². The number of hydrogen-bond donors (Lipinski definition) is 0. The summed E-state index contributed by atoms with van der Waals surface area (Å²) >= 11 is 0. The van der Waals surface area contributed by atoms with Gasteiger partial charge in [-0.25, -0.2) is 9.59 Å². The molecular formula is C11H7N3O3. The third kappa shape index (κ3) is 2.44. The first-order valence-electron chi connectivity index (χ1n) is 4.51. The maximum Gasteiger partial charge on any atom is 0.292 e. The van der Waals surface area contributed by atoms with Crippen molar-refractivity contribution in [2.75, 3.05) is 0 Å². The number of isocyanates is 2. The van der Waals surface area contributed by atoms with Crippen LogP contribution in [-0.4, -0.2) is 12.2 Å². The normalized spacial score (nSPS) is 8.53. The van der Waals surface area contributed by atoms with Crippen LogP contribution < -0.4 is 4.74 Å². The van der Waals surface area contributed by atoms with Crippen molar-refractivity contribution in [1.29, 1.82) is 5.26 Å². The van der Waals surface area contributed by atoms with Crippen LogP contribution in [0, 0.1) is 25.4 Å². The molecule has 0 saturated heterocycles. The maximum absolute atomic E-state index is 10.3. The van der Waals surface area contributed by atoms with Gasteiger partial charge in [0.1, 0.15) is 5.75 Å². The van der Waals surface area contributed by atoms with E-state index in [9.17, 15) is 9.59 Å². The van der Waals surface area contributed by atoms with Crippen LogP contribution in [0.1, 0.15) is 11.1 Å². The topological polar surface area (TPSA) is 91.9 Å². The minimum absolute atomic E-state index is 0.182. The summed E-state index contributed by atoms with van der Waals surface area (Å²) in [6, 6.07) is 1.41. The summed E-state index contributed by atoms with van der Waals surface area (Å²) in [5.74, 6) is 0.182. The van der Waals surface area contributed by atoms with Gasteiger partial charge in [-0.2, -0.15) is 9.98 Å². The summed E-state index contributed by atoms with van der Waals surface area (Å²) in [5, 5.41) is 8.47. The number of nitriles is 1. The van der Waals surface area contributed by atoms with Gasteiger partial charge in [0, 0.05) is 17.2 Å². The van der Waals surface area contributed by atoms with Crippen molar-refractivity contribution < 1.29 is 14.3 Å². The summed E-state index contributed by atoms with van der Waals surface area (Å²) in [5.41, 5.74) is 1.53. The van der Waals surface area contributed by atoms with Crippen molar-refractivity contribution in [2.45, 2.75) is 13.8 Å². The molecule has 1 aromatic rings. The predicted molar refractivity (Wildman–Crippen MR) is 57.7 cm³/mol. The van der Waals surface area contributed by atoms with Gasteiger partial charge in [0.25, 0.3) is 6.26 Å². The van der Waals surface area contributed by atoms with Crippen molar-refractivity contribution in [2.24, 2.45) is 9.98 Å². The molecule has 0 N–H and O–H groups in total. The number of carbonyl (C=O) groups excluding carboxylic acids is 2. The van der Waals surface area contributed by atoms with E-state index in [1.54, 1.807) is 13.8 Å². The summed E-state index contributed by atoms with van der Waals surface area (Å²) in [7, 11) is 0. The van der Waals surface area contributed by atoms with Crippen molar-refractivity contribution in [3.05, 3.63) is 17.2 Å². The maximum atomic E-state index is 10.3. The van der Waals surface area contributed by atoms with Gasteiger partial charge in [-0.05, 0) is 13.8 Å². The van der Waals surface area contributed by atoms with Crippen LogP contribution in [0.2, 0.25) is 0 Å². The highest BCUT2D eigenvalue weighted by atomic mass is 16.5. The third-order valence-corrected chi connectivity index (χ3v) is 2.21. The largest absolute Gasteiger partial charge is 0.388 e. The van der Waals surface area contributed by atoms with E-state index in [4.69, 9.17) is 10.00 Å². The Hall–Kier alpha value is -2.73. The number of nitrogens with zero attached hydrogens (tertiary/aromatic N) is 3. The Morgan fingerprint density at radius 1 is 1.18 bits per heavy atom. The summed E-state index contributed by atoms with van der Waals surface area (Å²) < 4.78 is 4.69. The van der Waals surface area contributed by atoms with Crippen LogP contribution in [0.3, 0.4) is 0 Å². The zero-order valence-corrected chi connectivity index (χ0v) is 9.14. The van der Waals surface area contributed by atoms with Crippen molar-refractivity contribution in [1.82, 2.24) is 0 Å². The molecule has 0 aliphatic carbocycles. The second-order valence-corrected chi connectivity index (χ2v) is 3.09. The van der Waals surface area contributed by atoms with Gasteiger partial charge in [-0.3, -0.25) is 0 Å². The molecular weight excluding hydrogens is 222 g/mol. The van der Waals surface area contributed by atoms with Gasteiger partial charge >= 0.3 is 0 Å². The molecule has 0 heterocycles. The highest BCUT2D eigenvalue weighted by Crippen LogP contribution is 2.37. The van der Waals surface area contributed by atoms with Gasteiger partial charge in [0.2, 0.25) is 12.2 Å². The van der Waals surface area contributed by atoms with Gasteiger partial charge < -0.3 is 4.74 Å². The van der Waals surface area contributed by atoms with E-state index in [0.717, 1.165) is 0 Å². The first kappa shape index (κ1) is 12.3. The molecule has 0 spiro atoms. The predicted octanol–water partition coefficient (Wildman–Crippen LogP) is 2.10. The smallest absolute Gasteiger partial charge is 0.292 e. The van der Waals surface area contributed by atoms with Gasteiger partial charge in [0.05, 0.1) is 11.4 Å². The van der Waals surface area contributed by atoms with Gasteiger partial charge in [-0.15, -0.1) is 5.26 Å².